The molecular formula is C22H29N3O4S. The van der Waals surface area contributed by atoms with Gasteiger partial charge in [0.15, 0.2) is 0 Å². The number of aromatic nitrogens is 2. The first-order valence-electron chi connectivity index (χ1n) is 10.6. The highest BCUT2D eigenvalue weighted by Crippen LogP contribution is 2.45. The van der Waals surface area contributed by atoms with E-state index in [-0.39, 0.29) is 24.2 Å². The van der Waals surface area contributed by atoms with Crippen LogP contribution in [-0.2, 0) is 16.0 Å². The first-order chi connectivity index (χ1) is 14.3. The summed E-state index contributed by atoms with van der Waals surface area (Å²) in [5.41, 5.74) is 0.573. The van der Waals surface area contributed by atoms with Crippen LogP contribution in [0.5, 0.6) is 5.88 Å². The Morgan fingerprint density at radius 1 is 1.20 bits per heavy atom. The van der Waals surface area contributed by atoms with Crippen LogP contribution < -0.4 is 4.74 Å². The minimum atomic E-state index is -0.496. The molecule has 0 unspecified atom stereocenters. The zero-order valence-electron chi connectivity index (χ0n) is 18.0. The number of aldehydes is 1. The van der Waals surface area contributed by atoms with Crippen molar-refractivity contribution in [2.45, 2.75) is 83.0 Å². The second-order valence-electron chi connectivity index (χ2n) is 9.22. The molecule has 0 spiro atoms. The van der Waals surface area contributed by atoms with Gasteiger partial charge < -0.3 is 19.2 Å². The van der Waals surface area contributed by atoms with E-state index in [4.69, 9.17) is 9.47 Å². The first kappa shape index (κ1) is 21.0. The quantitative estimate of drug-likeness (QED) is 0.664. The first-order valence-corrected chi connectivity index (χ1v) is 11.4. The van der Waals surface area contributed by atoms with Gasteiger partial charge in [-0.15, -0.1) is 11.3 Å². The molecule has 1 fully saturated rings. The zero-order valence-corrected chi connectivity index (χ0v) is 18.8. The van der Waals surface area contributed by atoms with Gasteiger partial charge in [-0.1, -0.05) is 0 Å². The van der Waals surface area contributed by atoms with Gasteiger partial charge in [0.2, 0.25) is 5.88 Å². The van der Waals surface area contributed by atoms with Crippen LogP contribution in [0, 0.1) is 0 Å². The summed E-state index contributed by atoms with van der Waals surface area (Å²) >= 11 is 1.65. The maximum atomic E-state index is 12.3. The van der Waals surface area contributed by atoms with Crippen LogP contribution in [0.25, 0.3) is 10.2 Å². The minimum absolute atomic E-state index is 0.0398. The van der Waals surface area contributed by atoms with Crippen molar-refractivity contribution in [2.24, 2.45) is 0 Å². The van der Waals surface area contributed by atoms with Crippen LogP contribution in [0.15, 0.2) is 6.33 Å². The highest BCUT2D eigenvalue weighted by molar-refractivity contribution is 7.19. The predicted octanol–water partition coefficient (Wildman–Crippen LogP) is 4.48. The molecule has 2 aliphatic rings. The van der Waals surface area contributed by atoms with Crippen molar-refractivity contribution in [1.82, 2.24) is 14.9 Å². The standard InChI is InChI=1S/C22H29N3O4S/c1-22(2,3)29-21(27)25(4)14-6-8-15(9-7-14)28-19-18-17-13(11-26)5-10-16(17)30-20(18)24-12-23-19/h11-15H,5-10H2,1-4H3/t13-,14-,15-/m1/s1. The average Bonchev–Trinajstić information content (AvgIpc) is 3.26. The molecule has 1 atom stereocenters. The highest BCUT2D eigenvalue weighted by Gasteiger charge is 2.33. The Labute approximate surface area is 180 Å². The van der Waals surface area contributed by atoms with Crippen molar-refractivity contribution in [2.75, 3.05) is 7.05 Å². The van der Waals surface area contributed by atoms with E-state index in [0.29, 0.717) is 5.88 Å². The largest absolute Gasteiger partial charge is 0.474 e. The molecule has 30 heavy (non-hydrogen) atoms. The maximum Gasteiger partial charge on any atom is 0.410 e. The van der Waals surface area contributed by atoms with E-state index < -0.39 is 5.60 Å². The molecule has 7 nitrogen and oxygen atoms in total. The number of carbonyl (C=O) groups excluding carboxylic acids is 2. The van der Waals surface area contributed by atoms with Gasteiger partial charge >= 0.3 is 6.09 Å². The summed E-state index contributed by atoms with van der Waals surface area (Å²) in [6.07, 6.45) is 7.50. The van der Waals surface area contributed by atoms with Crippen LogP contribution in [0.3, 0.4) is 0 Å². The van der Waals surface area contributed by atoms with Crippen molar-refractivity contribution < 1.29 is 19.1 Å². The Morgan fingerprint density at radius 3 is 2.60 bits per heavy atom. The Kier molecular flexibility index (Phi) is 5.70. The summed E-state index contributed by atoms with van der Waals surface area (Å²) in [7, 11) is 1.81. The topological polar surface area (TPSA) is 81.6 Å². The normalized spacial score (nSPS) is 23.8. The van der Waals surface area contributed by atoms with Gasteiger partial charge in [0.25, 0.3) is 0 Å². The smallest absolute Gasteiger partial charge is 0.410 e. The summed E-state index contributed by atoms with van der Waals surface area (Å²) in [5, 5.41) is 0.917. The number of carbonyl (C=O) groups is 2. The molecule has 0 N–H and O–H groups in total. The predicted molar refractivity (Wildman–Crippen MR) is 115 cm³/mol. The van der Waals surface area contributed by atoms with Crippen molar-refractivity contribution in [3.8, 4) is 5.88 Å². The number of thiophene rings is 1. The number of amides is 1. The molecule has 2 aliphatic carbocycles. The van der Waals surface area contributed by atoms with Crippen molar-refractivity contribution in [3.63, 3.8) is 0 Å². The van der Waals surface area contributed by atoms with Crippen LogP contribution >= 0.6 is 11.3 Å². The third-order valence-electron chi connectivity index (χ3n) is 5.94. The lowest BCUT2D eigenvalue weighted by atomic mass is 9.92. The van der Waals surface area contributed by atoms with E-state index in [2.05, 4.69) is 9.97 Å². The number of rotatable bonds is 4. The maximum absolute atomic E-state index is 12.3. The third kappa shape index (κ3) is 4.15. The van der Waals surface area contributed by atoms with Gasteiger partial charge in [-0.3, -0.25) is 0 Å². The monoisotopic (exact) mass is 431 g/mol. The molecule has 2 heterocycles. The number of nitrogens with zero attached hydrogens (tertiary/aromatic N) is 3. The van der Waals surface area contributed by atoms with Gasteiger partial charge in [0, 0.05) is 23.9 Å². The van der Waals surface area contributed by atoms with E-state index in [1.54, 1.807) is 22.6 Å². The SMILES string of the molecule is CN(C(=O)OC(C)(C)C)[C@H]1CC[C@H](Oc2ncnc3sc4c(c23)[C@@H](C=O)CC4)CC1. The Bertz CT molecular complexity index is 944. The second-order valence-corrected chi connectivity index (χ2v) is 10.3. The van der Waals surface area contributed by atoms with Gasteiger partial charge in [0.05, 0.1) is 5.39 Å². The number of aryl methyl sites for hydroxylation is 1. The summed E-state index contributed by atoms with van der Waals surface area (Å²) < 4.78 is 11.8. The average molecular weight is 432 g/mol. The van der Waals surface area contributed by atoms with Crippen molar-refractivity contribution in [3.05, 3.63) is 16.8 Å². The van der Waals surface area contributed by atoms with Crippen LogP contribution in [0.2, 0.25) is 0 Å². The molecule has 1 saturated carbocycles. The number of ether oxygens (including phenoxy) is 2. The van der Waals surface area contributed by atoms with E-state index in [9.17, 15) is 9.59 Å². The molecular weight excluding hydrogens is 402 g/mol. The summed E-state index contributed by atoms with van der Waals surface area (Å²) in [6, 6.07) is 0.148. The van der Waals surface area contributed by atoms with Crippen LogP contribution in [-0.4, -0.2) is 52.0 Å². The fourth-order valence-corrected chi connectivity index (χ4v) is 5.61. The zero-order chi connectivity index (χ0) is 21.5. The molecule has 2 aromatic heterocycles. The van der Waals surface area contributed by atoms with E-state index in [1.807, 2.05) is 27.8 Å². The van der Waals surface area contributed by atoms with Crippen LogP contribution in [0.1, 0.15) is 69.2 Å². The van der Waals surface area contributed by atoms with Crippen LogP contribution in [0.4, 0.5) is 4.79 Å². The molecule has 0 aromatic carbocycles. The van der Waals surface area contributed by atoms with Gasteiger partial charge in [0.1, 0.15) is 29.1 Å². The molecule has 4 rings (SSSR count). The molecule has 1 amide bonds. The van der Waals surface area contributed by atoms with E-state index in [1.165, 1.54) is 4.88 Å². The molecule has 0 saturated heterocycles. The third-order valence-corrected chi connectivity index (χ3v) is 7.11. The molecule has 2 aromatic rings. The lowest BCUT2D eigenvalue weighted by Gasteiger charge is -2.35. The van der Waals surface area contributed by atoms with Gasteiger partial charge in [-0.05, 0) is 64.9 Å². The fourth-order valence-electron chi connectivity index (χ4n) is 4.40. The Balaban J connectivity index is 1.43. The lowest BCUT2D eigenvalue weighted by Crippen LogP contribution is -2.43. The van der Waals surface area contributed by atoms with E-state index >= 15 is 0 Å². The minimum Gasteiger partial charge on any atom is -0.474 e. The molecule has 0 bridgehead atoms. The number of fused-ring (bicyclic) bond motifs is 3. The summed E-state index contributed by atoms with van der Waals surface area (Å²) in [4.78, 5) is 36.5. The Hall–Kier alpha value is -2.22. The second kappa shape index (κ2) is 8.13. The van der Waals surface area contributed by atoms with Gasteiger partial charge in [-0.2, -0.15) is 0 Å². The summed E-state index contributed by atoms with van der Waals surface area (Å²) in [5.74, 6) is 0.510. The van der Waals surface area contributed by atoms with Gasteiger partial charge in [-0.25, -0.2) is 14.8 Å². The van der Waals surface area contributed by atoms with Crippen molar-refractivity contribution >= 4 is 33.9 Å². The summed E-state index contributed by atoms with van der Waals surface area (Å²) in [6.45, 7) is 5.63. The Morgan fingerprint density at radius 2 is 1.93 bits per heavy atom. The lowest BCUT2D eigenvalue weighted by molar-refractivity contribution is -0.109. The number of hydrogen-bond acceptors (Lipinski definition) is 7. The fraction of sp³-hybridized carbons (Fsp3) is 0.636. The molecule has 8 heteroatoms. The highest BCUT2D eigenvalue weighted by atomic mass is 32.1. The number of hydrogen-bond donors (Lipinski definition) is 0. The molecule has 0 radical (unpaired) electrons. The van der Waals surface area contributed by atoms with E-state index in [0.717, 1.165) is 60.6 Å². The molecule has 162 valence electrons. The van der Waals surface area contributed by atoms with Crippen molar-refractivity contribution in [1.29, 1.82) is 0 Å². The molecule has 0 aliphatic heterocycles.